The van der Waals surface area contributed by atoms with Crippen LogP contribution in [-0.2, 0) is 0 Å². The van der Waals surface area contributed by atoms with Gasteiger partial charge in [-0.05, 0) is 105 Å². The summed E-state index contributed by atoms with van der Waals surface area (Å²) in [4.78, 5) is 18.6. The molecule has 5 rings (SSSR count). The summed E-state index contributed by atoms with van der Waals surface area (Å²) < 4.78 is 3.18. The summed E-state index contributed by atoms with van der Waals surface area (Å²) >= 11 is 9.51. The van der Waals surface area contributed by atoms with Crippen molar-refractivity contribution in [1.82, 2.24) is 14.9 Å². The number of hydrogen-bond donors (Lipinski definition) is 2. The lowest BCUT2D eigenvalue weighted by Crippen LogP contribution is -2.29. The van der Waals surface area contributed by atoms with Crippen LogP contribution in [0.5, 0.6) is 0 Å². The van der Waals surface area contributed by atoms with Crippen molar-refractivity contribution in [3.8, 4) is 5.69 Å². The van der Waals surface area contributed by atoms with Crippen LogP contribution < -0.4 is 10.2 Å². The van der Waals surface area contributed by atoms with Gasteiger partial charge in [-0.15, -0.1) is 0 Å². The van der Waals surface area contributed by atoms with Crippen LogP contribution in [0.4, 0.5) is 5.69 Å². The van der Waals surface area contributed by atoms with Gasteiger partial charge < -0.3 is 19.9 Å². The van der Waals surface area contributed by atoms with Gasteiger partial charge >= 0.3 is 5.97 Å². The van der Waals surface area contributed by atoms with Gasteiger partial charge in [0.1, 0.15) is 0 Å². The molecule has 1 aliphatic heterocycles. The monoisotopic (exact) mass is 574 g/mol. The molecule has 2 aromatic carbocycles. The summed E-state index contributed by atoms with van der Waals surface area (Å²) in [6.45, 7) is 8.19. The zero-order chi connectivity index (χ0) is 26.4. The number of nitrogens with zero attached hydrogens (tertiary/aromatic N) is 3. The number of carboxylic acid groups (broad SMARTS) is 1. The molecule has 188 valence electrons. The first kappa shape index (κ1) is 25.2. The van der Waals surface area contributed by atoms with Crippen molar-refractivity contribution < 1.29 is 9.90 Å². The van der Waals surface area contributed by atoms with Crippen molar-refractivity contribution in [2.24, 2.45) is 0 Å². The van der Waals surface area contributed by atoms with E-state index in [1.807, 2.05) is 44.2 Å². The number of halogens is 1. The molecule has 1 saturated heterocycles. The van der Waals surface area contributed by atoms with E-state index in [9.17, 15) is 9.90 Å². The number of aromatic carboxylic acids is 1. The molecule has 1 fully saturated rings. The maximum absolute atomic E-state index is 11.7. The van der Waals surface area contributed by atoms with E-state index in [0.717, 1.165) is 49.6 Å². The Morgan fingerprint density at radius 3 is 2.49 bits per heavy atom. The minimum absolute atomic E-state index is 0.161. The molecule has 0 amide bonds. The molecule has 2 N–H and O–H groups in total. The lowest BCUT2D eigenvalue weighted by Gasteiger charge is -2.28. The highest BCUT2D eigenvalue weighted by atomic mass is 79.9. The van der Waals surface area contributed by atoms with Gasteiger partial charge in [0.25, 0.3) is 0 Å². The van der Waals surface area contributed by atoms with Crippen molar-refractivity contribution in [3.63, 3.8) is 0 Å². The molecule has 37 heavy (non-hydrogen) atoms. The van der Waals surface area contributed by atoms with E-state index in [1.165, 1.54) is 0 Å². The first-order valence-corrected chi connectivity index (χ1v) is 13.2. The number of hydrogen-bond acceptors (Lipinski definition) is 3. The fourth-order valence-electron chi connectivity index (χ4n) is 5.17. The summed E-state index contributed by atoms with van der Waals surface area (Å²) in [5.41, 5.74) is 8.28. The maximum Gasteiger partial charge on any atom is 0.335 e. The molecule has 0 radical (unpaired) electrons. The normalized spacial score (nSPS) is 17.2. The Balaban J connectivity index is 1.71. The zero-order valence-corrected chi connectivity index (χ0v) is 23.4. The highest BCUT2D eigenvalue weighted by Gasteiger charge is 2.42. The predicted molar refractivity (Wildman–Crippen MR) is 154 cm³/mol. The Hall–Kier alpha value is -3.49. The zero-order valence-electron chi connectivity index (χ0n) is 21.0. The third-order valence-corrected chi connectivity index (χ3v) is 8.21. The molecular formula is C29H27BrN4O2S. The van der Waals surface area contributed by atoms with Crippen LogP contribution in [0, 0.1) is 27.7 Å². The quantitative estimate of drug-likeness (QED) is 0.257. The Morgan fingerprint density at radius 2 is 1.81 bits per heavy atom. The average Bonchev–Trinajstić information content (AvgIpc) is 3.36. The number of aryl methyl sites for hydroxylation is 3. The Morgan fingerprint density at radius 1 is 1.03 bits per heavy atom. The molecule has 0 aliphatic carbocycles. The summed E-state index contributed by atoms with van der Waals surface area (Å²) in [6.07, 6.45) is 1.80. The van der Waals surface area contributed by atoms with E-state index in [4.69, 9.17) is 12.2 Å². The third kappa shape index (κ3) is 4.45. The van der Waals surface area contributed by atoms with E-state index < -0.39 is 5.97 Å². The van der Waals surface area contributed by atoms with Gasteiger partial charge in [0.05, 0.1) is 23.3 Å². The van der Waals surface area contributed by atoms with Crippen molar-refractivity contribution in [2.75, 3.05) is 4.90 Å². The van der Waals surface area contributed by atoms with Gasteiger partial charge in [-0.3, -0.25) is 4.98 Å². The molecule has 1 aliphatic rings. The van der Waals surface area contributed by atoms with Crippen LogP contribution in [0.1, 0.15) is 56.2 Å². The lowest BCUT2D eigenvalue weighted by atomic mass is 9.96. The van der Waals surface area contributed by atoms with Crippen LogP contribution in [0.15, 0.2) is 71.3 Å². The minimum Gasteiger partial charge on any atom is -0.478 e. The molecule has 0 saturated carbocycles. The van der Waals surface area contributed by atoms with E-state index in [2.05, 4.69) is 67.7 Å². The number of rotatable bonds is 5. The SMILES string of the molecule is Cc1cc(N2C(=S)N[C@H](c3ccccn3)[C@@H]2c2cc(C)n(-c3cc(C(=O)O)ccc3C)c2C)ccc1Br. The van der Waals surface area contributed by atoms with Gasteiger partial charge in [-0.2, -0.15) is 0 Å². The number of thiocarbonyl (C=S) groups is 1. The number of nitrogens with one attached hydrogen (secondary N) is 1. The molecule has 0 spiro atoms. The fraction of sp³-hybridized carbons (Fsp3) is 0.207. The van der Waals surface area contributed by atoms with E-state index in [-0.39, 0.29) is 17.6 Å². The summed E-state index contributed by atoms with van der Waals surface area (Å²) in [6, 6.07) is 19.2. The molecular weight excluding hydrogens is 548 g/mol. The number of benzene rings is 2. The van der Waals surface area contributed by atoms with Crippen molar-refractivity contribution >= 4 is 44.9 Å². The molecule has 2 atom stereocenters. The van der Waals surface area contributed by atoms with Gasteiger partial charge in [-0.1, -0.05) is 28.1 Å². The number of anilines is 1. The Bertz CT molecular complexity index is 1530. The second-order valence-electron chi connectivity index (χ2n) is 9.40. The lowest BCUT2D eigenvalue weighted by molar-refractivity contribution is 0.0697. The van der Waals surface area contributed by atoms with Gasteiger partial charge in [0.2, 0.25) is 0 Å². The standard InChI is InChI=1S/C29H27BrN4O2S/c1-16-8-9-20(28(35)36)15-25(16)33-18(3)14-22(19(33)4)27-26(24-7-5-6-12-31-24)32-29(37)34(27)21-10-11-23(30)17(2)13-21/h5-15,26-27H,1-4H3,(H,32,37)(H,35,36)/t26-,27+/m1/s1. The molecule has 3 heterocycles. The summed E-state index contributed by atoms with van der Waals surface area (Å²) in [5, 5.41) is 13.8. The number of aromatic nitrogens is 2. The van der Waals surface area contributed by atoms with Crippen LogP contribution in [0.3, 0.4) is 0 Å². The van der Waals surface area contributed by atoms with E-state index in [1.54, 1.807) is 18.3 Å². The van der Waals surface area contributed by atoms with E-state index >= 15 is 0 Å². The Labute approximate surface area is 230 Å². The van der Waals surface area contributed by atoms with Crippen molar-refractivity contribution in [1.29, 1.82) is 0 Å². The van der Waals surface area contributed by atoms with Crippen molar-refractivity contribution in [2.45, 2.75) is 39.8 Å². The van der Waals surface area contributed by atoms with Crippen molar-refractivity contribution in [3.05, 3.63) is 111 Å². The third-order valence-electron chi connectivity index (χ3n) is 7.00. The van der Waals surface area contributed by atoms with Gasteiger partial charge in [-0.25, -0.2) is 4.79 Å². The average molecular weight is 576 g/mol. The van der Waals surface area contributed by atoms with Crippen LogP contribution in [0.25, 0.3) is 5.69 Å². The van der Waals surface area contributed by atoms with Crippen LogP contribution in [-0.4, -0.2) is 25.7 Å². The smallest absolute Gasteiger partial charge is 0.335 e. The predicted octanol–water partition coefficient (Wildman–Crippen LogP) is 6.74. The van der Waals surface area contributed by atoms with Gasteiger partial charge in [0.15, 0.2) is 5.11 Å². The first-order chi connectivity index (χ1) is 17.7. The summed E-state index contributed by atoms with van der Waals surface area (Å²) in [5.74, 6) is -0.943. The molecule has 0 unspecified atom stereocenters. The number of carboxylic acids is 1. The first-order valence-electron chi connectivity index (χ1n) is 12.0. The second kappa shape index (κ2) is 9.76. The molecule has 4 aromatic rings. The van der Waals surface area contributed by atoms with E-state index in [0.29, 0.717) is 5.11 Å². The highest BCUT2D eigenvalue weighted by molar-refractivity contribution is 9.10. The van der Waals surface area contributed by atoms with Gasteiger partial charge in [0, 0.05) is 33.4 Å². The minimum atomic E-state index is -0.943. The fourth-order valence-corrected chi connectivity index (χ4v) is 5.76. The Kier molecular flexibility index (Phi) is 6.64. The van der Waals surface area contributed by atoms with Crippen LogP contribution in [0.2, 0.25) is 0 Å². The number of carbonyl (C=O) groups is 1. The second-order valence-corrected chi connectivity index (χ2v) is 10.6. The van der Waals surface area contributed by atoms with Crippen LogP contribution >= 0.6 is 28.1 Å². The largest absolute Gasteiger partial charge is 0.478 e. The molecule has 8 heteroatoms. The molecule has 6 nitrogen and oxygen atoms in total. The highest BCUT2D eigenvalue weighted by Crippen LogP contribution is 2.44. The topological polar surface area (TPSA) is 70.4 Å². The summed E-state index contributed by atoms with van der Waals surface area (Å²) in [7, 11) is 0. The maximum atomic E-state index is 11.7. The molecule has 2 aromatic heterocycles. The molecule has 0 bridgehead atoms. The number of pyridine rings is 1.